The number of nitrogens with one attached hydrogen (secondary N) is 1. The molecule has 0 bridgehead atoms. The number of hydrogen-bond acceptors (Lipinski definition) is 4. The zero-order valence-corrected chi connectivity index (χ0v) is 10.8. The second-order valence-electron chi connectivity index (χ2n) is 3.60. The van der Waals surface area contributed by atoms with Crippen molar-refractivity contribution >= 4 is 23.5 Å². The van der Waals surface area contributed by atoms with E-state index in [-0.39, 0.29) is 17.2 Å². The molecule has 0 spiro atoms. The summed E-state index contributed by atoms with van der Waals surface area (Å²) in [5, 5.41) is 12.4. The minimum atomic E-state index is -0.924. The summed E-state index contributed by atoms with van der Waals surface area (Å²) in [7, 11) is 0. The number of benzene rings is 1. The monoisotopic (exact) mass is 271 g/mol. The lowest BCUT2D eigenvalue weighted by Gasteiger charge is -2.13. The minimum absolute atomic E-state index is 0.0319. The van der Waals surface area contributed by atoms with Gasteiger partial charge in [-0.3, -0.25) is 4.79 Å². The van der Waals surface area contributed by atoms with Crippen LogP contribution in [0.15, 0.2) is 18.2 Å². The van der Waals surface area contributed by atoms with Crippen LogP contribution >= 0.6 is 11.6 Å². The first-order valence-electron chi connectivity index (χ1n) is 5.43. The lowest BCUT2D eigenvalue weighted by molar-refractivity contribution is -0.128. The Balaban J connectivity index is 2.73. The third kappa shape index (κ3) is 3.63. The molecule has 0 aliphatic carbocycles. The molecule has 0 aliphatic heterocycles. The molecule has 2 N–H and O–H groups in total. The van der Waals surface area contributed by atoms with Gasteiger partial charge >= 0.3 is 5.97 Å². The van der Waals surface area contributed by atoms with Gasteiger partial charge in [0.15, 0.2) is 6.10 Å². The van der Waals surface area contributed by atoms with Gasteiger partial charge in [-0.25, -0.2) is 4.79 Å². The number of phenolic OH excluding ortho intramolecular Hbond substituents is 1. The summed E-state index contributed by atoms with van der Waals surface area (Å²) < 4.78 is 4.92. The number of phenols is 1. The molecule has 18 heavy (non-hydrogen) atoms. The van der Waals surface area contributed by atoms with Crippen LogP contribution in [0.5, 0.6) is 5.75 Å². The number of amides is 1. The zero-order chi connectivity index (χ0) is 13.7. The van der Waals surface area contributed by atoms with E-state index < -0.39 is 12.1 Å². The Morgan fingerprint density at radius 3 is 2.72 bits per heavy atom. The topological polar surface area (TPSA) is 75.6 Å². The van der Waals surface area contributed by atoms with E-state index in [0.717, 1.165) is 0 Å². The number of carbonyl (C=O) groups is 2. The number of halogens is 1. The maximum absolute atomic E-state index is 11.7. The lowest BCUT2D eigenvalue weighted by Crippen LogP contribution is -2.35. The number of carbonyl (C=O) groups excluding carboxylic acids is 2. The fraction of sp³-hybridized carbons (Fsp3) is 0.333. The molecule has 1 aromatic carbocycles. The van der Waals surface area contributed by atoms with Crippen LogP contribution in [0.3, 0.4) is 0 Å². The number of esters is 1. The fourth-order valence-corrected chi connectivity index (χ4v) is 1.44. The molecule has 1 rings (SSSR count). The molecule has 0 radical (unpaired) electrons. The molecule has 0 saturated carbocycles. The van der Waals surface area contributed by atoms with Gasteiger partial charge in [0, 0.05) is 11.6 Å². The molecule has 98 valence electrons. The summed E-state index contributed by atoms with van der Waals surface area (Å²) in [6.07, 6.45) is -0.924. The van der Waals surface area contributed by atoms with Crippen molar-refractivity contribution in [2.75, 3.05) is 6.54 Å². The van der Waals surface area contributed by atoms with Crippen LogP contribution in [-0.4, -0.2) is 29.6 Å². The highest BCUT2D eigenvalue weighted by molar-refractivity contribution is 6.30. The van der Waals surface area contributed by atoms with Crippen molar-refractivity contribution in [3.05, 3.63) is 28.8 Å². The maximum Gasteiger partial charge on any atom is 0.342 e. The van der Waals surface area contributed by atoms with Gasteiger partial charge in [0.25, 0.3) is 5.91 Å². The molecule has 0 saturated heterocycles. The van der Waals surface area contributed by atoms with E-state index in [1.165, 1.54) is 25.1 Å². The average molecular weight is 272 g/mol. The summed E-state index contributed by atoms with van der Waals surface area (Å²) in [5.74, 6) is -1.45. The van der Waals surface area contributed by atoms with Crippen LogP contribution in [-0.2, 0) is 9.53 Å². The van der Waals surface area contributed by atoms with Gasteiger partial charge in [-0.1, -0.05) is 11.6 Å². The number of aromatic hydroxyl groups is 1. The predicted octanol–water partition coefficient (Wildman–Crippen LogP) is 1.73. The number of hydrogen-bond donors (Lipinski definition) is 2. The van der Waals surface area contributed by atoms with Gasteiger partial charge in [0.05, 0.1) is 0 Å². The van der Waals surface area contributed by atoms with Crippen molar-refractivity contribution < 1.29 is 19.4 Å². The summed E-state index contributed by atoms with van der Waals surface area (Å²) >= 11 is 5.64. The van der Waals surface area contributed by atoms with Crippen LogP contribution < -0.4 is 5.32 Å². The minimum Gasteiger partial charge on any atom is -0.507 e. The van der Waals surface area contributed by atoms with Crippen LogP contribution in [0.1, 0.15) is 24.2 Å². The Labute approximate surface area is 110 Å². The summed E-state index contributed by atoms with van der Waals surface area (Å²) in [5.41, 5.74) is -0.0319. The van der Waals surface area contributed by atoms with E-state index in [9.17, 15) is 14.7 Å². The van der Waals surface area contributed by atoms with Gasteiger partial charge in [0.2, 0.25) is 0 Å². The highest BCUT2D eigenvalue weighted by atomic mass is 35.5. The van der Waals surface area contributed by atoms with E-state index in [1.807, 2.05) is 0 Å². The Morgan fingerprint density at radius 1 is 1.50 bits per heavy atom. The second kappa shape index (κ2) is 6.26. The van der Waals surface area contributed by atoms with Crippen LogP contribution in [0.2, 0.25) is 5.02 Å². The van der Waals surface area contributed by atoms with Crippen molar-refractivity contribution in [1.82, 2.24) is 5.32 Å². The molecule has 6 heteroatoms. The lowest BCUT2D eigenvalue weighted by atomic mass is 10.2. The van der Waals surface area contributed by atoms with Crippen LogP contribution in [0.4, 0.5) is 0 Å². The Kier molecular flexibility index (Phi) is 4.97. The molecule has 5 nitrogen and oxygen atoms in total. The summed E-state index contributed by atoms with van der Waals surface area (Å²) in [6.45, 7) is 3.67. The molecular formula is C12H14ClNO4. The summed E-state index contributed by atoms with van der Waals surface area (Å²) in [4.78, 5) is 23.1. The highest BCUT2D eigenvalue weighted by Crippen LogP contribution is 2.22. The first-order valence-corrected chi connectivity index (χ1v) is 5.80. The standard InChI is InChI=1S/C12H14ClNO4/c1-3-14-11(16)7(2)18-12(17)9-5-4-8(13)6-10(9)15/h4-7,15H,3H2,1-2H3,(H,14,16)/t7-/m0/s1. The zero-order valence-electron chi connectivity index (χ0n) is 10.1. The number of rotatable bonds is 4. The Morgan fingerprint density at radius 2 is 2.17 bits per heavy atom. The van der Waals surface area contributed by atoms with Crippen molar-refractivity contribution in [2.24, 2.45) is 0 Å². The van der Waals surface area contributed by atoms with E-state index in [0.29, 0.717) is 11.6 Å². The molecule has 1 aromatic rings. The third-order valence-corrected chi connectivity index (χ3v) is 2.42. The Bertz CT molecular complexity index is 461. The number of likely N-dealkylation sites (N-methyl/N-ethyl adjacent to an activating group) is 1. The van der Waals surface area contributed by atoms with Gasteiger partial charge in [-0.2, -0.15) is 0 Å². The normalized spacial score (nSPS) is 11.7. The van der Waals surface area contributed by atoms with Gasteiger partial charge in [-0.15, -0.1) is 0 Å². The van der Waals surface area contributed by atoms with Crippen molar-refractivity contribution in [1.29, 1.82) is 0 Å². The molecule has 0 aliphatic rings. The van der Waals surface area contributed by atoms with Gasteiger partial charge < -0.3 is 15.2 Å². The fourth-order valence-electron chi connectivity index (χ4n) is 1.27. The first-order chi connectivity index (χ1) is 8.45. The van der Waals surface area contributed by atoms with E-state index >= 15 is 0 Å². The Hall–Kier alpha value is -1.75. The molecule has 0 heterocycles. The van der Waals surface area contributed by atoms with E-state index in [4.69, 9.17) is 16.3 Å². The largest absolute Gasteiger partial charge is 0.507 e. The molecular weight excluding hydrogens is 258 g/mol. The molecule has 0 unspecified atom stereocenters. The van der Waals surface area contributed by atoms with Crippen molar-refractivity contribution in [3.8, 4) is 5.75 Å². The average Bonchev–Trinajstić information content (AvgIpc) is 2.28. The SMILES string of the molecule is CCNC(=O)[C@H](C)OC(=O)c1ccc(Cl)cc1O. The van der Waals surface area contributed by atoms with Crippen LogP contribution in [0, 0.1) is 0 Å². The van der Waals surface area contributed by atoms with Gasteiger partial charge in [0.1, 0.15) is 11.3 Å². The number of ether oxygens (including phenoxy) is 1. The molecule has 0 fully saturated rings. The maximum atomic E-state index is 11.7. The molecule has 1 atom stereocenters. The quantitative estimate of drug-likeness (QED) is 0.818. The first kappa shape index (κ1) is 14.3. The van der Waals surface area contributed by atoms with E-state index in [2.05, 4.69) is 5.32 Å². The molecule has 0 aromatic heterocycles. The molecule has 1 amide bonds. The van der Waals surface area contributed by atoms with Crippen molar-refractivity contribution in [2.45, 2.75) is 20.0 Å². The summed E-state index contributed by atoms with van der Waals surface area (Å²) in [6, 6.07) is 4.02. The van der Waals surface area contributed by atoms with Gasteiger partial charge in [-0.05, 0) is 32.0 Å². The van der Waals surface area contributed by atoms with E-state index in [1.54, 1.807) is 6.92 Å². The second-order valence-corrected chi connectivity index (χ2v) is 4.04. The smallest absolute Gasteiger partial charge is 0.342 e. The predicted molar refractivity (Wildman–Crippen MR) is 66.7 cm³/mol. The third-order valence-electron chi connectivity index (χ3n) is 2.18. The van der Waals surface area contributed by atoms with Crippen molar-refractivity contribution in [3.63, 3.8) is 0 Å². The highest BCUT2D eigenvalue weighted by Gasteiger charge is 2.20. The van der Waals surface area contributed by atoms with Crippen LogP contribution in [0.25, 0.3) is 0 Å².